The number of hydrogen-bond acceptors (Lipinski definition) is 3. The summed E-state index contributed by atoms with van der Waals surface area (Å²) < 4.78 is 0. The van der Waals surface area contributed by atoms with Crippen LogP contribution in [0.25, 0.3) is 0 Å². The standard InChI is InChI=1S/C10H19N3O.C2H6/c1-12-5-7-13(8-6-12)10(14)9-3-2-4-11-9;1-2/h9,11H,2-8H2,1H3;1-2H3. The molecule has 2 saturated heterocycles. The zero-order valence-electron chi connectivity index (χ0n) is 10.8. The highest BCUT2D eigenvalue weighted by atomic mass is 16.2. The van der Waals surface area contributed by atoms with Crippen LogP contribution in [-0.4, -0.2) is 61.5 Å². The van der Waals surface area contributed by atoms with E-state index in [0.29, 0.717) is 5.91 Å². The molecule has 0 aromatic carbocycles. The number of nitrogens with one attached hydrogen (secondary N) is 1. The van der Waals surface area contributed by atoms with Crippen molar-refractivity contribution >= 4 is 5.91 Å². The molecule has 0 aromatic rings. The van der Waals surface area contributed by atoms with Crippen molar-refractivity contribution in [1.29, 1.82) is 0 Å². The fraction of sp³-hybridized carbons (Fsp3) is 0.917. The summed E-state index contributed by atoms with van der Waals surface area (Å²) in [5.41, 5.74) is 0. The highest BCUT2D eigenvalue weighted by Gasteiger charge is 2.28. The van der Waals surface area contributed by atoms with E-state index >= 15 is 0 Å². The second-order valence-corrected chi connectivity index (χ2v) is 4.28. The molecule has 2 aliphatic heterocycles. The second kappa shape index (κ2) is 6.86. The van der Waals surface area contributed by atoms with Crippen LogP contribution in [0.15, 0.2) is 0 Å². The monoisotopic (exact) mass is 227 g/mol. The molecule has 0 aliphatic carbocycles. The van der Waals surface area contributed by atoms with E-state index in [2.05, 4.69) is 17.3 Å². The third kappa shape index (κ3) is 3.46. The van der Waals surface area contributed by atoms with E-state index in [1.807, 2.05) is 18.7 Å². The van der Waals surface area contributed by atoms with Gasteiger partial charge in [-0.15, -0.1) is 0 Å². The smallest absolute Gasteiger partial charge is 0.239 e. The van der Waals surface area contributed by atoms with Crippen LogP contribution in [0.1, 0.15) is 26.7 Å². The summed E-state index contributed by atoms with van der Waals surface area (Å²) in [6.07, 6.45) is 2.16. The van der Waals surface area contributed by atoms with E-state index in [-0.39, 0.29) is 6.04 Å². The number of likely N-dealkylation sites (N-methyl/N-ethyl adjacent to an activating group) is 1. The molecular weight excluding hydrogens is 202 g/mol. The van der Waals surface area contributed by atoms with Gasteiger partial charge in [0.1, 0.15) is 0 Å². The van der Waals surface area contributed by atoms with Crippen LogP contribution in [0.2, 0.25) is 0 Å². The lowest BCUT2D eigenvalue weighted by Crippen LogP contribution is -2.52. The molecule has 94 valence electrons. The van der Waals surface area contributed by atoms with Crippen molar-refractivity contribution in [2.24, 2.45) is 0 Å². The molecule has 1 N–H and O–H groups in total. The quantitative estimate of drug-likeness (QED) is 0.710. The minimum atomic E-state index is 0.110. The average molecular weight is 227 g/mol. The first-order chi connectivity index (χ1) is 7.77. The first-order valence-corrected chi connectivity index (χ1v) is 6.48. The molecule has 4 nitrogen and oxygen atoms in total. The van der Waals surface area contributed by atoms with Crippen molar-refractivity contribution in [3.63, 3.8) is 0 Å². The maximum Gasteiger partial charge on any atom is 0.239 e. The molecule has 2 rings (SSSR count). The summed E-state index contributed by atoms with van der Waals surface area (Å²) in [5.74, 6) is 0.315. The van der Waals surface area contributed by atoms with Crippen molar-refractivity contribution < 1.29 is 4.79 Å². The van der Waals surface area contributed by atoms with E-state index in [1.54, 1.807) is 0 Å². The predicted molar refractivity (Wildman–Crippen MR) is 66.4 cm³/mol. The van der Waals surface area contributed by atoms with E-state index in [9.17, 15) is 4.79 Å². The fourth-order valence-electron chi connectivity index (χ4n) is 2.14. The Hall–Kier alpha value is -0.610. The Bertz CT molecular complexity index is 206. The van der Waals surface area contributed by atoms with Crippen molar-refractivity contribution in [3.05, 3.63) is 0 Å². The number of nitrogens with zero attached hydrogens (tertiary/aromatic N) is 2. The van der Waals surface area contributed by atoms with Gasteiger partial charge in [0.05, 0.1) is 6.04 Å². The summed E-state index contributed by atoms with van der Waals surface area (Å²) >= 11 is 0. The lowest BCUT2D eigenvalue weighted by atomic mass is 10.2. The van der Waals surface area contributed by atoms with E-state index in [0.717, 1.165) is 45.6 Å². The van der Waals surface area contributed by atoms with Crippen LogP contribution in [0.3, 0.4) is 0 Å². The third-order valence-electron chi connectivity index (χ3n) is 3.17. The van der Waals surface area contributed by atoms with Crippen molar-refractivity contribution in [3.8, 4) is 0 Å². The van der Waals surface area contributed by atoms with Gasteiger partial charge in [0.25, 0.3) is 0 Å². The van der Waals surface area contributed by atoms with Gasteiger partial charge in [-0.25, -0.2) is 0 Å². The number of rotatable bonds is 1. The number of piperazine rings is 1. The summed E-state index contributed by atoms with van der Waals surface area (Å²) in [5, 5.41) is 3.26. The Balaban J connectivity index is 0.000000606. The molecule has 1 unspecified atom stereocenters. The SMILES string of the molecule is CC.CN1CCN(C(=O)C2CCCN2)CC1. The largest absolute Gasteiger partial charge is 0.339 e. The van der Waals surface area contributed by atoms with Gasteiger partial charge >= 0.3 is 0 Å². The van der Waals surface area contributed by atoms with E-state index in [4.69, 9.17) is 0 Å². The Kier molecular flexibility index (Phi) is 5.77. The number of hydrogen-bond donors (Lipinski definition) is 1. The van der Waals surface area contributed by atoms with Crippen molar-refractivity contribution in [1.82, 2.24) is 15.1 Å². The highest BCUT2D eigenvalue weighted by Crippen LogP contribution is 2.10. The van der Waals surface area contributed by atoms with E-state index in [1.165, 1.54) is 0 Å². The first-order valence-electron chi connectivity index (χ1n) is 6.48. The number of amides is 1. The molecule has 0 saturated carbocycles. The summed E-state index contributed by atoms with van der Waals surface area (Å²) in [7, 11) is 2.11. The Morgan fingerprint density at radius 2 is 1.81 bits per heavy atom. The molecule has 0 spiro atoms. The van der Waals surface area contributed by atoms with Crippen molar-refractivity contribution in [2.75, 3.05) is 39.8 Å². The first kappa shape index (κ1) is 13.5. The van der Waals surface area contributed by atoms with Crippen LogP contribution in [0.5, 0.6) is 0 Å². The molecule has 16 heavy (non-hydrogen) atoms. The zero-order valence-corrected chi connectivity index (χ0v) is 10.8. The summed E-state index contributed by atoms with van der Waals surface area (Å²) in [6, 6.07) is 0.110. The summed E-state index contributed by atoms with van der Waals surface area (Å²) in [6.45, 7) is 8.82. The van der Waals surface area contributed by atoms with Gasteiger partial charge in [-0.05, 0) is 26.4 Å². The third-order valence-corrected chi connectivity index (χ3v) is 3.17. The number of carbonyl (C=O) groups excluding carboxylic acids is 1. The van der Waals surface area contributed by atoms with Gasteiger partial charge in [-0.2, -0.15) is 0 Å². The van der Waals surface area contributed by atoms with Crippen molar-refractivity contribution in [2.45, 2.75) is 32.7 Å². The minimum Gasteiger partial charge on any atom is -0.339 e. The molecule has 0 radical (unpaired) electrons. The van der Waals surface area contributed by atoms with Gasteiger partial charge in [0, 0.05) is 26.2 Å². The van der Waals surface area contributed by atoms with Gasteiger partial charge in [0.15, 0.2) is 0 Å². The molecular formula is C12H25N3O. The zero-order chi connectivity index (χ0) is 12.0. The number of carbonyl (C=O) groups is 1. The molecule has 0 bridgehead atoms. The molecule has 2 heterocycles. The topological polar surface area (TPSA) is 35.6 Å². The summed E-state index contributed by atoms with van der Waals surface area (Å²) in [4.78, 5) is 16.2. The van der Waals surface area contributed by atoms with Crippen LogP contribution in [0.4, 0.5) is 0 Å². The molecule has 2 fully saturated rings. The predicted octanol–water partition coefficient (Wildman–Crippen LogP) is 0.539. The van der Waals surface area contributed by atoms with Gasteiger partial charge < -0.3 is 15.1 Å². The van der Waals surface area contributed by atoms with Gasteiger partial charge in [-0.1, -0.05) is 13.8 Å². The minimum absolute atomic E-state index is 0.110. The maximum atomic E-state index is 12.0. The Labute approximate surface area is 99.0 Å². The van der Waals surface area contributed by atoms with Crippen LogP contribution in [-0.2, 0) is 4.79 Å². The van der Waals surface area contributed by atoms with Crippen LogP contribution in [0, 0.1) is 0 Å². The van der Waals surface area contributed by atoms with Crippen LogP contribution >= 0.6 is 0 Å². The normalized spacial score (nSPS) is 26.2. The van der Waals surface area contributed by atoms with Gasteiger partial charge in [0.2, 0.25) is 5.91 Å². The average Bonchev–Trinajstić information content (AvgIpc) is 2.85. The molecule has 1 atom stereocenters. The second-order valence-electron chi connectivity index (χ2n) is 4.28. The highest BCUT2D eigenvalue weighted by molar-refractivity contribution is 5.82. The lowest BCUT2D eigenvalue weighted by molar-refractivity contribution is -0.134. The molecule has 1 amide bonds. The molecule has 2 aliphatic rings. The maximum absolute atomic E-state index is 12.0. The Morgan fingerprint density at radius 3 is 2.31 bits per heavy atom. The molecule has 4 heteroatoms. The Morgan fingerprint density at radius 1 is 1.19 bits per heavy atom. The molecule has 0 aromatic heterocycles. The lowest BCUT2D eigenvalue weighted by Gasteiger charge is -2.33. The van der Waals surface area contributed by atoms with Crippen LogP contribution < -0.4 is 5.32 Å². The fourth-order valence-corrected chi connectivity index (χ4v) is 2.14. The van der Waals surface area contributed by atoms with Gasteiger partial charge in [-0.3, -0.25) is 4.79 Å². The van der Waals surface area contributed by atoms with E-state index < -0.39 is 0 Å².